The fourth-order valence-corrected chi connectivity index (χ4v) is 18.3. The van der Waals surface area contributed by atoms with Gasteiger partial charge >= 0.3 is 12.1 Å². The third-order valence-corrected chi connectivity index (χ3v) is 26.1. The number of rotatable bonds is 25. The Morgan fingerprint density at radius 2 is 1.45 bits per heavy atom. The van der Waals surface area contributed by atoms with Gasteiger partial charge < -0.3 is 94.2 Å². The number of amides is 4. The zero-order chi connectivity index (χ0) is 91.3. The molecule has 1 aliphatic carbocycles. The van der Waals surface area contributed by atoms with E-state index >= 15 is 0 Å². The number of hydrogen-bond donors (Lipinski definition) is 6. The Kier molecular flexibility index (Phi) is 34.6. The summed E-state index contributed by atoms with van der Waals surface area (Å²) in [6.45, 7) is 20.8. The number of ketones is 2. The number of aliphatic hydroxyl groups is 2. The number of alkyl carbamates (subject to hydrolysis) is 1. The molecule has 5 aromatic heterocycles. The van der Waals surface area contributed by atoms with Gasteiger partial charge in [0.05, 0.1) is 55.0 Å². The summed E-state index contributed by atoms with van der Waals surface area (Å²) in [7, 11) is 6.14. The Morgan fingerprint density at radius 3 is 2.17 bits per heavy atom. The number of piperidine rings is 1. The summed E-state index contributed by atoms with van der Waals surface area (Å²) in [4.78, 5) is 139. The van der Waals surface area contributed by atoms with Crippen molar-refractivity contribution in [2.45, 2.75) is 219 Å². The number of aryl methyl sites for hydroxylation is 1. The second-order valence-electron chi connectivity index (χ2n) is 35.2. The van der Waals surface area contributed by atoms with E-state index in [0.717, 1.165) is 24.2 Å². The molecule has 696 valence electrons. The number of benzene rings is 1. The van der Waals surface area contributed by atoms with Crippen LogP contribution in [-0.4, -0.2) is 285 Å². The summed E-state index contributed by atoms with van der Waals surface area (Å²) in [6.07, 6.45) is 19.7. The van der Waals surface area contributed by atoms with E-state index in [0.29, 0.717) is 211 Å². The molecule has 8 N–H and O–H groups in total. The maximum Gasteiger partial charge on any atom is 0.407 e. The van der Waals surface area contributed by atoms with Crippen molar-refractivity contribution in [3.05, 3.63) is 108 Å². The van der Waals surface area contributed by atoms with Gasteiger partial charge in [-0.3, -0.25) is 28.9 Å². The maximum absolute atomic E-state index is 15.0. The standard InChI is InChI=1S/C92H130N18O18/c1-56-19-13-12-14-20-57(2)72(120-8)48-67-25-22-62(7)92(119,128-67)82(114)86(116)109-30-17-15-21-69(109)87(117)125-74(49-73(121-9)58(3)44-61(6)80(113)81(123-11)79(112)60(5)43-56)59(4)45-63-23-26-71(75(46-63)122-10)127-91(118)100-52-64-50-96-89(97-51-64)108-38-36-106(37-39-108)76(111)28-41-124-42-40-105-32-34-107(35-33-105)90-98-53-66(54-99-90)85(115)95-29-16-18-31-110-84-77(83(93)101-55-102-84)78(104-110)65-24-27-70-68(47-65)103-88(94)126-70/h12-14,19-20,24,27,44,47,50-51,53-56,58-60,62-63,67,69,71-75,80-81,113,119H,15-18,21-23,25-26,28-43,45-46,48-49,52H2,1-11H3,(H2,94,103)(H,95,115)(H,100,118)(H2,93,101,102)/b14-12+,19-13+,57-20+,61-44+/t56-,58-,59-,60-,62-,63+,67+,69+,71-,72+,73-,74+,75-,80-,81+,92-/m1/s1. The molecule has 6 aromatic rings. The van der Waals surface area contributed by atoms with Gasteiger partial charge in [0, 0.05) is 180 Å². The monoisotopic (exact) mass is 1770 g/mol. The molecule has 128 heavy (non-hydrogen) atoms. The fraction of sp³-hybridized carbons (Fsp3) is 0.620. The molecular weight excluding hydrogens is 1650 g/mol. The molecular formula is C92H130N18O18. The lowest BCUT2D eigenvalue weighted by Crippen LogP contribution is -2.61. The molecule has 36 heteroatoms. The van der Waals surface area contributed by atoms with Crippen molar-refractivity contribution in [3.8, 4) is 11.3 Å². The quantitative estimate of drug-likeness (QED) is 0.0136. The van der Waals surface area contributed by atoms with Crippen molar-refractivity contribution in [2.75, 3.05) is 135 Å². The first-order valence-electron chi connectivity index (χ1n) is 45.2. The number of anilines is 4. The largest absolute Gasteiger partial charge is 0.460 e. The van der Waals surface area contributed by atoms with Gasteiger partial charge in [0.2, 0.25) is 23.6 Å². The van der Waals surface area contributed by atoms with Crippen molar-refractivity contribution >= 4 is 87.2 Å². The Hall–Kier alpha value is -10.3. The summed E-state index contributed by atoms with van der Waals surface area (Å²) < 4.78 is 56.0. The number of nitrogen functional groups attached to an aromatic ring is 2. The number of carbonyl (C=O) groups excluding carboxylic acids is 7. The SMILES string of the molecule is CO[C@H]1C[C@@H]2CC[C@@H](C)[C@@](O)(O2)C(=O)C(=O)N2CCCC[C@H]2C(=O)O[C@H]([C@H](C)C[C@@H]2CC[C@@H](OC(=O)NCc3cnc(N4CCN(C(=O)CCOCCN5CCN(c6ncc(C(=O)NCCCCn7nc(-c8ccc9oc(N)nc9c8)c8c(N)ncnc87)cn6)CC5)CC4)nc3)[C@H](OC)C2)C[C@@H](OC)[C@H](C)/C=C(\C)[C@@H](O)[C@@H](OC)C(=O)[C@H](C)C[C@H](C)/C=C/C=C/C=C/1C. The molecule has 36 nitrogen and oxygen atoms in total. The molecule has 16 atom stereocenters. The minimum atomic E-state index is -2.47. The number of nitrogens with two attached hydrogens (primary N) is 2. The van der Waals surface area contributed by atoms with Crippen molar-refractivity contribution in [3.63, 3.8) is 0 Å². The molecule has 6 aliphatic rings. The number of oxazole rings is 1. The Labute approximate surface area is 748 Å². The highest BCUT2D eigenvalue weighted by atomic mass is 16.6. The van der Waals surface area contributed by atoms with Crippen LogP contribution in [0.3, 0.4) is 0 Å². The lowest BCUT2D eigenvalue weighted by molar-refractivity contribution is -0.265. The molecule has 1 aromatic carbocycles. The van der Waals surface area contributed by atoms with E-state index < -0.39 is 102 Å². The number of unbranched alkanes of at least 4 members (excludes halogenated alkanes) is 1. The zero-order valence-electron chi connectivity index (χ0n) is 75.8. The number of cyclic esters (lactones) is 1. The van der Waals surface area contributed by atoms with Crippen LogP contribution in [0.15, 0.2) is 101 Å². The number of fused-ring (bicyclic) bond motifs is 5. The average Bonchev–Trinajstić information content (AvgIpc) is 1.65. The van der Waals surface area contributed by atoms with Crippen LogP contribution in [0, 0.1) is 35.5 Å². The summed E-state index contributed by atoms with van der Waals surface area (Å²) in [5.41, 5.74) is 17.6. The van der Waals surface area contributed by atoms with Crippen LogP contribution >= 0.6 is 0 Å². The topological polar surface area (TPSA) is 447 Å². The number of ether oxygens (including phenoxy) is 8. The second kappa shape index (κ2) is 45.8. The van der Waals surface area contributed by atoms with Crippen LogP contribution in [-0.2, 0) is 75.0 Å². The number of Topliss-reactive ketones (excluding diaryl/α,β-unsaturated/α-hetero) is 2. The minimum Gasteiger partial charge on any atom is -0.460 e. The third kappa shape index (κ3) is 24.8. The average molecular weight is 1780 g/mol. The molecule has 4 saturated heterocycles. The molecule has 2 bridgehead atoms. The number of aromatic nitrogens is 9. The molecule has 10 heterocycles. The number of nitrogens with zero attached hydrogens (tertiary/aromatic N) is 14. The molecule has 12 rings (SSSR count). The summed E-state index contributed by atoms with van der Waals surface area (Å²) >= 11 is 0. The predicted molar refractivity (Wildman–Crippen MR) is 478 cm³/mol. The number of aliphatic hydroxyl groups excluding tert-OH is 1. The highest BCUT2D eigenvalue weighted by molar-refractivity contribution is 6.39. The van der Waals surface area contributed by atoms with Gasteiger partial charge in [-0.15, -0.1) is 0 Å². The lowest BCUT2D eigenvalue weighted by Gasteiger charge is -2.43. The van der Waals surface area contributed by atoms with Gasteiger partial charge in [-0.2, -0.15) is 10.1 Å². The molecule has 1 saturated carbocycles. The summed E-state index contributed by atoms with van der Waals surface area (Å²) in [5.74, 6) is -6.31. The number of carbonyl (C=O) groups is 7. The predicted octanol–water partition coefficient (Wildman–Crippen LogP) is 8.34. The number of allylic oxidation sites excluding steroid dienone is 5. The lowest BCUT2D eigenvalue weighted by atomic mass is 9.78. The first-order valence-corrected chi connectivity index (χ1v) is 45.2. The molecule has 4 amide bonds. The van der Waals surface area contributed by atoms with Crippen LogP contribution in [0.4, 0.5) is 28.5 Å². The van der Waals surface area contributed by atoms with Gasteiger partial charge in [-0.25, -0.2) is 44.2 Å². The van der Waals surface area contributed by atoms with E-state index in [-0.39, 0.29) is 73.7 Å². The van der Waals surface area contributed by atoms with Gasteiger partial charge in [-0.05, 0) is 138 Å². The highest BCUT2D eigenvalue weighted by Crippen LogP contribution is 2.40. The normalized spacial score (nSPS) is 28.4. The number of methoxy groups -OCH3 is 4. The molecule has 5 aliphatic heterocycles. The zero-order valence-corrected chi connectivity index (χ0v) is 75.8. The second-order valence-corrected chi connectivity index (χ2v) is 35.2. The van der Waals surface area contributed by atoms with E-state index in [9.17, 15) is 43.8 Å². The summed E-state index contributed by atoms with van der Waals surface area (Å²) in [5, 5.41) is 35.4. The Bertz CT molecular complexity index is 4860. The smallest absolute Gasteiger partial charge is 0.407 e. The van der Waals surface area contributed by atoms with Crippen molar-refractivity contribution < 1.29 is 86.1 Å². The van der Waals surface area contributed by atoms with Gasteiger partial charge in [0.25, 0.3) is 23.6 Å². The molecule has 0 spiro atoms. The Balaban J connectivity index is 0.561. The third-order valence-electron chi connectivity index (χ3n) is 26.1. The number of piperazine rings is 2. The van der Waals surface area contributed by atoms with Gasteiger partial charge in [-0.1, -0.05) is 71.1 Å². The minimum absolute atomic E-state index is 0.00300. The van der Waals surface area contributed by atoms with Crippen molar-refractivity contribution in [1.29, 1.82) is 0 Å². The van der Waals surface area contributed by atoms with Crippen LogP contribution < -0.4 is 31.9 Å². The number of hydrogen-bond acceptors (Lipinski definition) is 31. The first kappa shape index (κ1) is 96.8. The highest BCUT2D eigenvalue weighted by Gasteiger charge is 2.53. The summed E-state index contributed by atoms with van der Waals surface area (Å²) in [6, 6.07) is 4.41. The number of nitrogens with one attached hydrogen (secondary N) is 2. The number of esters is 1. The van der Waals surface area contributed by atoms with Crippen molar-refractivity contribution in [2.24, 2.45) is 35.5 Å². The van der Waals surface area contributed by atoms with Gasteiger partial charge in [0.1, 0.15) is 53.8 Å². The van der Waals surface area contributed by atoms with E-state index in [1.165, 1.54) is 18.3 Å². The van der Waals surface area contributed by atoms with E-state index in [4.69, 9.17) is 58.9 Å². The van der Waals surface area contributed by atoms with E-state index in [2.05, 4.69) is 55.3 Å². The first-order chi connectivity index (χ1) is 61.6. The van der Waals surface area contributed by atoms with Crippen LogP contribution in [0.1, 0.15) is 161 Å². The maximum atomic E-state index is 15.0. The Morgan fingerprint density at radius 1 is 0.727 bits per heavy atom. The molecule has 0 unspecified atom stereocenters. The van der Waals surface area contributed by atoms with Crippen LogP contribution in [0.5, 0.6) is 0 Å². The van der Waals surface area contributed by atoms with Crippen LogP contribution in [0.2, 0.25) is 0 Å². The van der Waals surface area contributed by atoms with Crippen LogP contribution in [0.25, 0.3) is 33.4 Å². The van der Waals surface area contributed by atoms with Crippen molar-refractivity contribution in [1.82, 2.24) is 70.0 Å². The van der Waals surface area contributed by atoms with Gasteiger partial charge in [0.15, 0.2) is 17.0 Å². The molecule has 5 fully saturated rings. The van der Waals surface area contributed by atoms with E-state index in [1.54, 1.807) is 70.7 Å². The molecule has 0 radical (unpaired) electrons. The fourth-order valence-electron chi connectivity index (χ4n) is 18.3. The van der Waals surface area contributed by atoms with E-state index in [1.807, 2.05) is 93.0 Å².